The molecule has 2 atom stereocenters. The molecule has 0 saturated carbocycles. The summed E-state index contributed by atoms with van der Waals surface area (Å²) in [5.74, 6) is 0.788. The highest BCUT2D eigenvalue weighted by molar-refractivity contribution is 14.0. The molecule has 0 amide bonds. The Balaban J connectivity index is 0.00000480. The molecule has 1 aliphatic heterocycles. The van der Waals surface area contributed by atoms with E-state index in [1.807, 2.05) is 19.1 Å². The van der Waals surface area contributed by atoms with E-state index in [0.29, 0.717) is 25.7 Å². The van der Waals surface area contributed by atoms with E-state index in [1.165, 1.54) is 19.3 Å². The van der Waals surface area contributed by atoms with E-state index in [9.17, 15) is 8.42 Å². The molecule has 0 aliphatic carbocycles. The number of hydrogen-bond donors (Lipinski definition) is 3. The van der Waals surface area contributed by atoms with Gasteiger partial charge in [0.1, 0.15) is 0 Å². The standard InChI is InChI=1S/C22H38N4O3S.HI/c1-4-6-7-9-18(3)26-22(23-5-2)24-16-19-11-13-21(14-12-19)30(27,28)25-17-20-10-8-15-29-20;/h11-14,18,20,25H,4-10,15-17H2,1-3H3,(H2,23,24,26);1H. The number of ether oxygens (including phenoxy) is 1. The number of sulfonamides is 1. The number of rotatable bonds is 12. The summed E-state index contributed by atoms with van der Waals surface area (Å²) < 4.78 is 33.1. The van der Waals surface area contributed by atoms with Crippen LogP contribution in [-0.4, -0.2) is 46.2 Å². The molecule has 1 saturated heterocycles. The number of hydrogen-bond acceptors (Lipinski definition) is 4. The minimum atomic E-state index is -3.52. The van der Waals surface area contributed by atoms with Crippen LogP contribution in [0.2, 0.25) is 0 Å². The molecule has 3 N–H and O–H groups in total. The number of guanidine groups is 1. The monoisotopic (exact) mass is 566 g/mol. The Kier molecular flexibility index (Phi) is 13.6. The molecule has 2 rings (SSSR count). The summed E-state index contributed by atoms with van der Waals surface area (Å²) in [6.07, 6.45) is 6.66. The second-order valence-electron chi connectivity index (χ2n) is 7.87. The average molecular weight is 567 g/mol. The number of nitrogens with one attached hydrogen (secondary N) is 3. The number of aliphatic imine (C=N–C) groups is 1. The van der Waals surface area contributed by atoms with Gasteiger partial charge < -0.3 is 15.4 Å². The van der Waals surface area contributed by atoms with Gasteiger partial charge in [0.05, 0.1) is 17.5 Å². The van der Waals surface area contributed by atoms with Crippen LogP contribution in [0.15, 0.2) is 34.2 Å². The zero-order valence-electron chi connectivity index (χ0n) is 19.0. The first-order valence-electron chi connectivity index (χ1n) is 11.2. The maximum Gasteiger partial charge on any atom is 0.240 e. The molecular formula is C22H39IN4O3S. The Hall–Kier alpha value is -0.910. The zero-order chi connectivity index (χ0) is 21.8. The van der Waals surface area contributed by atoms with Gasteiger partial charge in [0.15, 0.2) is 5.96 Å². The molecule has 9 heteroatoms. The van der Waals surface area contributed by atoms with Gasteiger partial charge >= 0.3 is 0 Å². The van der Waals surface area contributed by atoms with Crippen molar-refractivity contribution in [1.82, 2.24) is 15.4 Å². The fourth-order valence-electron chi connectivity index (χ4n) is 3.36. The Morgan fingerprint density at radius 2 is 1.97 bits per heavy atom. The zero-order valence-corrected chi connectivity index (χ0v) is 22.2. The minimum Gasteiger partial charge on any atom is -0.377 e. The number of halogens is 1. The van der Waals surface area contributed by atoms with Crippen LogP contribution in [0.3, 0.4) is 0 Å². The summed E-state index contributed by atoms with van der Waals surface area (Å²) in [6, 6.07) is 7.26. The summed E-state index contributed by atoms with van der Waals surface area (Å²) in [7, 11) is -3.52. The van der Waals surface area contributed by atoms with Gasteiger partial charge in [0.2, 0.25) is 10.0 Å². The van der Waals surface area contributed by atoms with Gasteiger partial charge in [0, 0.05) is 25.7 Å². The summed E-state index contributed by atoms with van der Waals surface area (Å²) in [5, 5.41) is 6.72. The number of nitrogens with zero attached hydrogens (tertiary/aromatic N) is 1. The normalized spacial score (nSPS) is 17.8. The smallest absolute Gasteiger partial charge is 0.240 e. The van der Waals surface area contributed by atoms with Gasteiger partial charge in [0.25, 0.3) is 0 Å². The molecule has 0 aromatic heterocycles. The fraction of sp³-hybridized carbons (Fsp3) is 0.682. The molecule has 1 fully saturated rings. The van der Waals surface area contributed by atoms with Crippen molar-refractivity contribution in [3.05, 3.63) is 29.8 Å². The first kappa shape index (κ1) is 28.1. The highest BCUT2D eigenvalue weighted by Crippen LogP contribution is 2.14. The van der Waals surface area contributed by atoms with E-state index >= 15 is 0 Å². The number of unbranched alkanes of at least 4 members (excludes halogenated alkanes) is 2. The lowest BCUT2D eigenvalue weighted by Crippen LogP contribution is -2.42. The Morgan fingerprint density at radius 1 is 1.23 bits per heavy atom. The van der Waals surface area contributed by atoms with E-state index < -0.39 is 10.0 Å². The first-order chi connectivity index (χ1) is 14.4. The molecular weight excluding hydrogens is 527 g/mol. The van der Waals surface area contributed by atoms with Crippen LogP contribution in [0.1, 0.15) is 64.9 Å². The predicted molar refractivity (Wildman–Crippen MR) is 138 cm³/mol. The molecule has 0 radical (unpaired) electrons. The van der Waals surface area contributed by atoms with Crippen molar-refractivity contribution in [3.63, 3.8) is 0 Å². The third kappa shape index (κ3) is 10.5. The summed E-state index contributed by atoms with van der Waals surface area (Å²) >= 11 is 0. The van der Waals surface area contributed by atoms with Crippen molar-refractivity contribution in [3.8, 4) is 0 Å². The van der Waals surface area contributed by atoms with Crippen molar-refractivity contribution in [1.29, 1.82) is 0 Å². The fourth-order valence-corrected chi connectivity index (χ4v) is 4.43. The molecule has 7 nitrogen and oxygen atoms in total. The van der Waals surface area contributed by atoms with Crippen LogP contribution in [-0.2, 0) is 21.3 Å². The number of benzene rings is 1. The largest absolute Gasteiger partial charge is 0.377 e. The van der Waals surface area contributed by atoms with Gasteiger partial charge in [-0.3, -0.25) is 0 Å². The topological polar surface area (TPSA) is 91.8 Å². The molecule has 178 valence electrons. The molecule has 1 aromatic rings. The lowest BCUT2D eigenvalue weighted by Gasteiger charge is -2.17. The highest BCUT2D eigenvalue weighted by atomic mass is 127. The summed E-state index contributed by atoms with van der Waals surface area (Å²) in [5.41, 5.74) is 0.962. The molecule has 0 bridgehead atoms. The van der Waals surface area contributed by atoms with Crippen molar-refractivity contribution < 1.29 is 13.2 Å². The summed E-state index contributed by atoms with van der Waals surface area (Å²) in [6.45, 7) is 8.74. The van der Waals surface area contributed by atoms with Crippen LogP contribution in [0.5, 0.6) is 0 Å². The van der Waals surface area contributed by atoms with Crippen LogP contribution in [0.4, 0.5) is 0 Å². The van der Waals surface area contributed by atoms with Crippen LogP contribution in [0.25, 0.3) is 0 Å². The van der Waals surface area contributed by atoms with Gasteiger partial charge in [-0.25, -0.2) is 18.1 Å². The second-order valence-corrected chi connectivity index (χ2v) is 9.63. The van der Waals surface area contributed by atoms with Gasteiger partial charge in [-0.2, -0.15) is 0 Å². The lowest BCUT2D eigenvalue weighted by molar-refractivity contribution is 0.114. The maximum atomic E-state index is 12.5. The van der Waals surface area contributed by atoms with Crippen LogP contribution in [0, 0.1) is 0 Å². The van der Waals surface area contributed by atoms with Crippen molar-refractivity contribution in [2.45, 2.75) is 82.9 Å². The Bertz CT molecular complexity index is 751. The van der Waals surface area contributed by atoms with Crippen LogP contribution < -0.4 is 15.4 Å². The van der Waals surface area contributed by atoms with Gasteiger partial charge in [-0.15, -0.1) is 24.0 Å². The van der Waals surface area contributed by atoms with E-state index in [0.717, 1.165) is 37.3 Å². The van der Waals surface area contributed by atoms with E-state index in [4.69, 9.17) is 4.74 Å². The van der Waals surface area contributed by atoms with E-state index in [-0.39, 0.29) is 35.0 Å². The molecule has 2 unspecified atom stereocenters. The highest BCUT2D eigenvalue weighted by Gasteiger charge is 2.20. The predicted octanol–water partition coefficient (Wildman–Crippen LogP) is 3.79. The molecule has 1 heterocycles. The Morgan fingerprint density at radius 3 is 2.58 bits per heavy atom. The molecule has 1 aliphatic rings. The molecule has 31 heavy (non-hydrogen) atoms. The third-order valence-electron chi connectivity index (χ3n) is 5.15. The maximum absolute atomic E-state index is 12.5. The Labute approximate surface area is 205 Å². The average Bonchev–Trinajstić information content (AvgIpc) is 3.25. The van der Waals surface area contributed by atoms with E-state index in [1.54, 1.807) is 12.1 Å². The van der Waals surface area contributed by atoms with Crippen molar-refractivity contribution in [2.24, 2.45) is 4.99 Å². The van der Waals surface area contributed by atoms with E-state index in [2.05, 4.69) is 34.2 Å². The SMILES string of the molecule is CCCCCC(C)NC(=NCc1ccc(S(=O)(=O)NCC2CCCO2)cc1)NCC.I. The van der Waals surface area contributed by atoms with Crippen LogP contribution >= 0.6 is 24.0 Å². The van der Waals surface area contributed by atoms with Crippen molar-refractivity contribution in [2.75, 3.05) is 19.7 Å². The quantitative estimate of drug-likeness (QED) is 0.155. The molecule has 1 aromatic carbocycles. The summed E-state index contributed by atoms with van der Waals surface area (Å²) in [4.78, 5) is 4.91. The van der Waals surface area contributed by atoms with Crippen molar-refractivity contribution >= 4 is 40.0 Å². The minimum absolute atomic E-state index is 0. The molecule has 0 spiro atoms. The third-order valence-corrected chi connectivity index (χ3v) is 6.59. The van der Waals surface area contributed by atoms with Gasteiger partial charge in [-0.1, -0.05) is 38.3 Å². The van der Waals surface area contributed by atoms with Gasteiger partial charge in [-0.05, 0) is 50.8 Å². The second kappa shape index (κ2) is 15.0. The first-order valence-corrected chi connectivity index (χ1v) is 12.7. The lowest BCUT2D eigenvalue weighted by atomic mass is 10.1.